The lowest BCUT2D eigenvalue weighted by atomic mass is 10.1. The van der Waals surface area contributed by atoms with Crippen molar-refractivity contribution in [2.24, 2.45) is 11.7 Å². The van der Waals surface area contributed by atoms with Crippen LogP contribution in [-0.4, -0.2) is 18.0 Å². The molecule has 1 amide bonds. The SMILES string of the molecule is C=C/C=C(\C=C)C1C[C@]1(N)C(=O)NCCCC. The van der Waals surface area contributed by atoms with E-state index in [4.69, 9.17) is 5.73 Å². The standard InChI is InChI=1S/C14H22N2O/c1-4-7-9-16-13(17)14(15)10-12(14)11(6-3)8-5-2/h5-6,8,12H,2-4,7,9-10,15H2,1H3,(H,16,17)/b11-8+/t12?,14-/m1/s1. The average Bonchev–Trinajstić information content (AvgIpc) is 3.00. The number of carbonyl (C=O) groups is 1. The van der Waals surface area contributed by atoms with E-state index >= 15 is 0 Å². The Morgan fingerprint density at radius 1 is 1.59 bits per heavy atom. The minimum Gasteiger partial charge on any atom is -0.354 e. The molecule has 17 heavy (non-hydrogen) atoms. The second kappa shape index (κ2) is 5.82. The van der Waals surface area contributed by atoms with Gasteiger partial charge in [-0.25, -0.2) is 0 Å². The maximum Gasteiger partial charge on any atom is 0.240 e. The summed E-state index contributed by atoms with van der Waals surface area (Å²) in [6.45, 7) is 10.2. The van der Waals surface area contributed by atoms with E-state index in [1.165, 1.54) is 0 Å². The number of nitrogens with two attached hydrogens (primary N) is 1. The zero-order chi connectivity index (χ0) is 12.9. The number of carbonyl (C=O) groups excluding carboxylic acids is 1. The third-order valence-corrected chi connectivity index (χ3v) is 3.19. The van der Waals surface area contributed by atoms with Gasteiger partial charge >= 0.3 is 0 Å². The molecule has 3 heteroatoms. The third-order valence-electron chi connectivity index (χ3n) is 3.19. The van der Waals surface area contributed by atoms with Crippen LogP contribution < -0.4 is 11.1 Å². The molecule has 1 rings (SSSR count). The zero-order valence-corrected chi connectivity index (χ0v) is 10.5. The zero-order valence-electron chi connectivity index (χ0n) is 10.5. The highest BCUT2D eigenvalue weighted by atomic mass is 16.2. The van der Waals surface area contributed by atoms with Crippen LogP contribution in [0.25, 0.3) is 0 Å². The molecular formula is C14H22N2O. The van der Waals surface area contributed by atoms with Crippen LogP contribution in [0, 0.1) is 5.92 Å². The van der Waals surface area contributed by atoms with Gasteiger partial charge in [0.2, 0.25) is 5.91 Å². The lowest BCUT2D eigenvalue weighted by Gasteiger charge is -2.12. The van der Waals surface area contributed by atoms with Crippen molar-refractivity contribution in [3.8, 4) is 0 Å². The molecule has 0 aromatic heterocycles. The molecule has 94 valence electrons. The van der Waals surface area contributed by atoms with E-state index in [0.29, 0.717) is 13.0 Å². The number of unbranched alkanes of at least 4 members (excludes halogenated alkanes) is 1. The summed E-state index contributed by atoms with van der Waals surface area (Å²) in [6, 6.07) is 0. The topological polar surface area (TPSA) is 55.1 Å². The minimum absolute atomic E-state index is 0.0484. The van der Waals surface area contributed by atoms with Gasteiger partial charge in [-0.3, -0.25) is 4.79 Å². The van der Waals surface area contributed by atoms with Crippen molar-refractivity contribution in [2.45, 2.75) is 31.7 Å². The molecule has 3 N–H and O–H groups in total. The molecule has 2 atom stereocenters. The number of amides is 1. The Labute approximate surface area is 103 Å². The van der Waals surface area contributed by atoms with E-state index in [1.54, 1.807) is 12.2 Å². The smallest absolute Gasteiger partial charge is 0.240 e. The molecule has 1 aliphatic carbocycles. The fourth-order valence-corrected chi connectivity index (χ4v) is 1.95. The second-order valence-electron chi connectivity index (χ2n) is 4.51. The van der Waals surface area contributed by atoms with Gasteiger partial charge in [0.05, 0.1) is 0 Å². The summed E-state index contributed by atoms with van der Waals surface area (Å²) >= 11 is 0. The molecule has 0 aromatic carbocycles. The van der Waals surface area contributed by atoms with Crippen LogP contribution in [0.5, 0.6) is 0 Å². The van der Waals surface area contributed by atoms with Gasteiger partial charge in [0.15, 0.2) is 0 Å². The van der Waals surface area contributed by atoms with Gasteiger partial charge in [-0.2, -0.15) is 0 Å². The molecule has 0 heterocycles. The van der Waals surface area contributed by atoms with E-state index in [2.05, 4.69) is 25.4 Å². The Hall–Kier alpha value is -1.35. The lowest BCUT2D eigenvalue weighted by molar-refractivity contribution is -0.123. The van der Waals surface area contributed by atoms with E-state index in [9.17, 15) is 4.79 Å². The fraction of sp³-hybridized carbons (Fsp3) is 0.500. The Morgan fingerprint density at radius 2 is 2.29 bits per heavy atom. The van der Waals surface area contributed by atoms with Crippen molar-refractivity contribution >= 4 is 5.91 Å². The van der Waals surface area contributed by atoms with Gasteiger partial charge in [0, 0.05) is 12.5 Å². The molecule has 1 saturated carbocycles. The third kappa shape index (κ3) is 3.07. The molecule has 0 saturated heterocycles. The van der Waals surface area contributed by atoms with E-state index in [1.807, 2.05) is 6.08 Å². The van der Waals surface area contributed by atoms with Crippen molar-refractivity contribution in [1.29, 1.82) is 0 Å². The predicted molar refractivity (Wildman–Crippen MR) is 71.4 cm³/mol. The quantitative estimate of drug-likeness (QED) is 0.522. The molecule has 1 unspecified atom stereocenters. The first kappa shape index (κ1) is 13.7. The largest absolute Gasteiger partial charge is 0.354 e. The Morgan fingerprint density at radius 3 is 2.82 bits per heavy atom. The monoisotopic (exact) mass is 234 g/mol. The van der Waals surface area contributed by atoms with Crippen LogP contribution in [0.4, 0.5) is 0 Å². The van der Waals surface area contributed by atoms with Crippen LogP contribution in [0.15, 0.2) is 37.0 Å². The molecule has 0 radical (unpaired) electrons. The van der Waals surface area contributed by atoms with Crippen molar-refractivity contribution in [3.05, 3.63) is 37.0 Å². The van der Waals surface area contributed by atoms with Crippen LogP contribution in [-0.2, 0) is 4.79 Å². The normalized spacial score (nSPS) is 27.4. The first-order chi connectivity index (χ1) is 8.10. The van der Waals surface area contributed by atoms with Gasteiger partial charge in [-0.15, -0.1) is 0 Å². The van der Waals surface area contributed by atoms with Gasteiger partial charge in [-0.05, 0) is 18.4 Å². The highest BCUT2D eigenvalue weighted by Crippen LogP contribution is 2.46. The number of rotatable bonds is 7. The summed E-state index contributed by atoms with van der Waals surface area (Å²) in [5, 5.41) is 2.89. The highest BCUT2D eigenvalue weighted by molar-refractivity contribution is 5.90. The first-order valence-corrected chi connectivity index (χ1v) is 6.12. The van der Waals surface area contributed by atoms with Crippen LogP contribution in [0.1, 0.15) is 26.2 Å². The molecule has 0 aliphatic heterocycles. The predicted octanol–water partition coefficient (Wildman–Crippen LogP) is 1.92. The summed E-state index contributed by atoms with van der Waals surface area (Å²) < 4.78 is 0. The summed E-state index contributed by atoms with van der Waals surface area (Å²) in [4.78, 5) is 11.9. The van der Waals surface area contributed by atoms with E-state index in [0.717, 1.165) is 18.4 Å². The number of hydrogen-bond acceptors (Lipinski definition) is 2. The lowest BCUT2D eigenvalue weighted by Crippen LogP contribution is -2.45. The number of allylic oxidation sites excluding steroid dienone is 3. The molecule has 1 fully saturated rings. The molecule has 0 bridgehead atoms. The second-order valence-corrected chi connectivity index (χ2v) is 4.51. The molecule has 1 aliphatic rings. The van der Waals surface area contributed by atoms with Crippen LogP contribution >= 0.6 is 0 Å². The van der Waals surface area contributed by atoms with Crippen molar-refractivity contribution in [3.63, 3.8) is 0 Å². The maximum absolute atomic E-state index is 11.9. The fourth-order valence-electron chi connectivity index (χ4n) is 1.95. The average molecular weight is 234 g/mol. The summed E-state index contributed by atoms with van der Waals surface area (Å²) in [5.74, 6) is 0.0346. The molecule has 0 aromatic rings. The van der Waals surface area contributed by atoms with Gasteiger partial charge < -0.3 is 11.1 Å². The Balaban J connectivity index is 2.56. The molecule has 3 nitrogen and oxygen atoms in total. The van der Waals surface area contributed by atoms with Gasteiger partial charge in [-0.1, -0.05) is 44.7 Å². The Kier molecular flexibility index (Phi) is 4.70. The van der Waals surface area contributed by atoms with Gasteiger partial charge in [0.25, 0.3) is 0 Å². The number of nitrogens with one attached hydrogen (secondary N) is 1. The van der Waals surface area contributed by atoms with Crippen molar-refractivity contribution in [2.75, 3.05) is 6.54 Å². The minimum atomic E-state index is -0.739. The summed E-state index contributed by atoms with van der Waals surface area (Å²) in [7, 11) is 0. The highest BCUT2D eigenvalue weighted by Gasteiger charge is 2.57. The maximum atomic E-state index is 11.9. The van der Waals surface area contributed by atoms with Crippen molar-refractivity contribution < 1.29 is 4.79 Å². The van der Waals surface area contributed by atoms with E-state index < -0.39 is 5.54 Å². The van der Waals surface area contributed by atoms with E-state index in [-0.39, 0.29) is 11.8 Å². The van der Waals surface area contributed by atoms with Crippen LogP contribution in [0.3, 0.4) is 0 Å². The van der Waals surface area contributed by atoms with Gasteiger partial charge in [0.1, 0.15) is 5.54 Å². The van der Waals surface area contributed by atoms with Crippen LogP contribution in [0.2, 0.25) is 0 Å². The summed E-state index contributed by atoms with van der Waals surface area (Å²) in [6.07, 6.45) is 8.06. The first-order valence-electron chi connectivity index (χ1n) is 6.12. The number of hydrogen-bond donors (Lipinski definition) is 2. The summed E-state index contributed by atoms with van der Waals surface area (Å²) in [5.41, 5.74) is 6.34. The Bertz CT molecular complexity index is 346. The molecule has 0 spiro atoms. The van der Waals surface area contributed by atoms with Crippen molar-refractivity contribution in [1.82, 2.24) is 5.32 Å². The molecular weight excluding hydrogens is 212 g/mol.